The highest BCUT2D eigenvalue weighted by Crippen LogP contribution is 2.30. The zero-order chi connectivity index (χ0) is 26.6. The number of halogens is 1. The highest BCUT2D eigenvalue weighted by molar-refractivity contribution is 5.97. The lowest BCUT2D eigenvalue weighted by Gasteiger charge is -2.35. The monoisotopic (exact) mass is 527 g/mol. The molecule has 2 N–H and O–H groups in total. The number of hydrogen-bond donors (Lipinski definition) is 2. The van der Waals surface area contributed by atoms with Crippen LogP contribution in [0.15, 0.2) is 42.5 Å². The summed E-state index contributed by atoms with van der Waals surface area (Å²) in [6.07, 6.45) is -1.46. The van der Waals surface area contributed by atoms with Crippen LogP contribution >= 0.6 is 0 Å². The Morgan fingerprint density at radius 1 is 1.05 bits per heavy atom. The molecule has 1 amide bonds. The number of alkyl halides is 1. The van der Waals surface area contributed by atoms with Gasteiger partial charge in [0, 0.05) is 51.9 Å². The van der Waals surface area contributed by atoms with Gasteiger partial charge in [-0.05, 0) is 43.0 Å². The van der Waals surface area contributed by atoms with Crippen molar-refractivity contribution in [3.63, 3.8) is 0 Å². The van der Waals surface area contributed by atoms with Crippen molar-refractivity contribution in [3.8, 4) is 11.5 Å². The van der Waals surface area contributed by atoms with E-state index in [2.05, 4.69) is 23.1 Å². The molecule has 5 rings (SSSR count). The molecule has 0 radical (unpaired) electrons. The highest BCUT2D eigenvalue weighted by atomic mass is 19.1. The number of rotatable bonds is 8. The molecule has 1 unspecified atom stereocenters. The van der Waals surface area contributed by atoms with Gasteiger partial charge < -0.3 is 24.6 Å². The normalized spacial score (nSPS) is 24.1. The van der Waals surface area contributed by atoms with E-state index >= 15 is 0 Å². The second kappa shape index (κ2) is 12.0. The molecule has 0 bridgehead atoms. The van der Waals surface area contributed by atoms with Crippen molar-refractivity contribution in [1.29, 1.82) is 0 Å². The molecule has 9 heteroatoms. The van der Waals surface area contributed by atoms with Crippen LogP contribution in [0, 0.1) is 0 Å². The molecule has 0 saturated carbocycles. The molecule has 3 heterocycles. The molecule has 2 aromatic rings. The van der Waals surface area contributed by atoms with Crippen LogP contribution in [0.3, 0.4) is 0 Å². The van der Waals surface area contributed by atoms with Gasteiger partial charge in [0.05, 0.1) is 24.3 Å². The molecule has 1 fully saturated rings. The molecule has 4 atom stereocenters. The Labute approximate surface area is 223 Å². The third-order valence-electron chi connectivity index (χ3n) is 7.58. The minimum Gasteiger partial charge on any atom is -0.491 e. The van der Waals surface area contributed by atoms with E-state index in [1.54, 1.807) is 30.0 Å². The summed E-state index contributed by atoms with van der Waals surface area (Å²) in [5.74, 6) is 0.688. The molecular weight excluding hydrogens is 489 g/mol. The average molecular weight is 528 g/mol. The SMILES string of the molecule is CC(O)CN1CC[C@@H](Oc2ccc3c(c2)OCCN(C[C@H](O)CN2CCc4ccccc4C2)C3=O)[C@H](F)C1. The molecule has 206 valence electrons. The molecule has 8 nitrogen and oxygen atoms in total. The molecule has 3 aliphatic rings. The van der Waals surface area contributed by atoms with Gasteiger partial charge in [-0.3, -0.25) is 14.6 Å². The predicted octanol–water partition coefficient (Wildman–Crippen LogP) is 2.11. The quantitative estimate of drug-likeness (QED) is 0.544. The first-order chi connectivity index (χ1) is 18.4. The number of aliphatic hydroxyl groups is 2. The van der Waals surface area contributed by atoms with E-state index in [1.165, 1.54) is 11.1 Å². The second-order valence-corrected chi connectivity index (χ2v) is 10.7. The van der Waals surface area contributed by atoms with Gasteiger partial charge in [0.2, 0.25) is 0 Å². The van der Waals surface area contributed by atoms with Gasteiger partial charge in [-0.2, -0.15) is 0 Å². The maximum absolute atomic E-state index is 14.7. The van der Waals surface area contributed by atoms with Crippen LogP contribution in [0.5, 0.6) is 11.5 Å². The van der Waals surface area contributed by atoms with Crippen molar-refractivity contribution in [2.75, 3.05) is 52.4 Å². The summed E-state index contributed by atoms with van der Waals surface area (Å²) in [5, 5.41) is 20.4. The van der Waals surface area contributed by atoms with Crippen LogP contribution in [0.4, 0.5) is 4.39 Å². The Kier molecular flexibility index (Phi) is 8.48. The number of carbonyl (C=O) groups is 1. The number of hydrogen-bond acceptors (Lipinski definition) is 7. The Morgan fingerprint density at radius 2 is 1.87 bits per heavy atom. The summed E-state index contributed by atoms with van der Waals surface area (Å²) in [6.45, 7) is 6.10. The molecule has 2 aromatic carbocycles. The van der Waals surface area contributed by atoms with Gasteiger partial charge in [-0.1, -0.05) is 24.3 Å². The Balaban J connectivity index is 1.16. The number of fused-ring (bicyclic) bond motifs is 2. The van der Waals surface area contributed by atoms with Crippen molar-refractivity contribution in [1.82, 2.24) is 14.7 Å². The fourth-order valence-corrected chi connectivity index (χ4v) is 5.70. The fraction of sp³-hybridized carbons (Fsp3) is 0.552. The molecule has 3 aliphatic heterocycles. The minimum atomic E-state index is -1.17. The predicted molar refractivity (Wildman–Crippen MR) is 141 cm³/mol. The first kappa shape index (κ1) is 26.9. The summed E-state index contributed by atoms with van der Waals surface area (Å²) in [5.41, 5.74) is 3.07. The van der Waals surface area contributed by atoms with Gasteiger partial charge in [-0.25, -0.2) is 4.39 Å². The lowest BCUT2D eigenvalue weighted by molar-refractivity contribution is 0.00724. The molecule has 0 spiro atoms. The highest BCUT2D eigenvalue weighted by Gasteiger charge is 2.32. The zero-order valence-electron chi connectivity index (χ0n) is 22.0. The summed E-state index contributed by atoms with van der Waals surface area (Å²) < 4.78 is 26.6. The maximum atomic E-state index is 14.7. The van der Waals surface area contributed by atoms with Gasteiger partial charge in [0.1, 0.15) is 30.4 Å². The molecule has 0 aromatic heterocycles. The van der Waals surface area contributed by atoms with E-state index < -0.39 is 24.5 Å². The van der Waals surface area contributed by atoms with E-state index in [-0.39, 0.29) is 19.0 Å². The number of amides is 1. The third kappa shape index (κ3) is 6.46. The van der Waals surface area contributed by atoms with E-state index in [9.17, 15) is 19.4 Å². The van der Waals surface area contributed by atoms with Crippen LogP contribution in [0.2, 0.25) is 0 Å². The van der Waals surface area contributed by atoms with Crippen molar-refractivity contribution in [2.45, 2.75) is 50.8 Å². The first-order valence-electron chi connectivity index (χ1n) is 13.6. The number of aliphatic hydroxyl groups excluding tert-OH is 2. The molecule has 1 saturated heterocycles. The van der Waals surface area contributed by atoms with Crippen LogP contribution in [-0.2, 0) is 13.0 Å². The smallest absolute Gasteiger partial charge is 0.257 e. The van der Waals surface area contributed by atoms with Crippen molar-refractivity contribution >= 4 is 5.91 Å². The minimum absolute atomic E-state index is 0.193. The number of carbonyl (C=O) groups excluding carboxylic acids is 1. The van der Waals surface area contributed by atoms with Crippen LogP contribution in [0.25, 0.3) is 0 Å². The number of β-amino-alcohol motifs (C(OH)–C–C–N with tert-alkyl or cyclic N) is 2. The molecular formula is C29H38FN3O5. The summed E-state index contributed by atoms with van der Waals surface area (Å²) in [6, 6.07) is 13.4. The van der Waals surface area contributed by atoms with E-state index in [1.807, 2.05) is 11.0 Å². The number of benzene rings is 2. The van der Waals surface area contributed by atoms with Gasteiger partial charge >= 0.3 is 0 Å². The van der Waals surface area contributed by atoms with Crippen LogP contribution in [0.1, 0.15) is 34.8 Å². The first-order valence-corrected chi connectivity index (χ1v) is 13.6. The fourth-order valence-electron chi connectivity index (χ4n) is 5.70. The Hall–Kier alpha value is -2.72. The van der Waals surface area contributed by atoms with Gasteiger partial charge in [0.15, 0.2) is 0 Å². The lowest BCUT2D eigenvalue weighted by Crippen LogP contribution is -2.48. The molecule has 0 aliphatic carbocycles. The van der Waals surface area contributed by atoms with Gasteiger partial charge in [-0.15, -0.1) is 0 Å². The Bertz CT molecular complexity index is 1120. The maximum Gasteiger partial charge on any atom is 0.257 e. The largest absolute Gasteiger partial charge is 0.491 e. The third-order valence-corrected chi connectivity index (χ3v) is 7.58. The summed E-state index contributed by atoms with van der Waals surface area (Å²) in [4.78, 5) is 19.1. The van der Waals surface area contributed by atoms with E-state index in [0.29, 0.717) is 56.3 Å². The second-order valence-electron chi connectivity index (χ2n) is 10.7. The number of piperidine rings is 1. The van der Waals surface area contributed by atoms with Crippen LogP contribution < -0.4 is 9.47 Å². The standard InChI is InChI=1S/C29H38FN3O5/c1-20(34)15-31-11-9-27(26(30)19-31)38-24-6-7-25-28(14-24)37-13-12-33(29(25)36)18-23(35)17-32-10-8-21-4-2-3-5-22(21)16-32/h2-7,14,20,23,26-27,34-35H,8-13,15-19H2,1H3/t20?,23-,26-,27-/m1/s1. The lowest BCUT2D eigenvalue weighted by atomic mass is 10.00. The number of ether oxygens (including phenoxy) is 2. The molecule has 38 heavy (non-hydrogen) atoms. The summed E-state index contributed by atoms with van der Waals surface area (Å²) >= 11 is 0. The van der Waals surface area contributed by atoms with Crippen LogP contribution in [-0.4, -0.2) is 108 Å². The topological polar surface area (TPSA) is 85.7 Å². The van der Waals surface area contributed by atoms with E-state index in [4.69, 9.17) is 9.47 Å². The van der Waals surface area contributed by atoms with Crippen molar-refractivity contribution in [2.24, 2.45) is 0 Å². The van der Waals surface area contributed by atoms with Crippen molar-refractivity contribution < 1.29 is 28.9 Å². The summed E-state index contributed by atoms with van der Waals surface area (Å²) in [7, 11) is 0. The van der Waals surface area contributed by atoms with Gasteiger partial charge in [0.25, 0.3) is 5.91 Å². The average Bonchev–Trinajstić information content (AvgIpc) is 3.03. The Morgan fingerprint density at radius 3 is 2.66 bits per heavy atom. The van der Waals surface area contributed by atoms with Crippen molar-refractivity contribution in [3.05, 3.63) is 59.2 Å². The number of nitrogens with zero attached hydrogens (tertiary/aromatic N) is 3. The van der Waals surface area contributed by atoms with E-state index in [0.717, 1.165) is 19.5 Å². The number of likely N-dealkylation sites (tertiary alicyclic amines) is 1. The zero-order valence-corrected chi connectivity index (χ0v) is 22.0.